The molecule has 1 heterocycles. The van der Waals surface area contributed by atoms with Gasteiger partial charge in [-0.2, -0.15) is 9.36 Å². The molecule has 0 aromatic carbocycles. The lowest BCUT2D eigenvalue weighted by Gasteiger charge is -2.20. The molecule has 0 spiro atoms. The highest BCUT2D eigenvalue weighted by Crippen LogP contribution is 2.20. The number of aliphatic carboxylic acids is 1. The number of aromatic nitrogens is 2. The van der Waals surface area contributed by atoms with Crippen LogP contribution < -0.4 is 10.6 Å². The smallest absolute Gasteiger partial charge is 0.323 e. The van der Waals surface area contributed by atoms with Crippen molar-refractivity contribution in [2.45, 2.75) is 37.9 Å². The molecular formula is C11H18N4O3S2. The molecule has 0 aliphatic carbocycles. The van der Waals surface area contributed by atoms with Crippen LogP contribution in [-0.2, 0) is 9.59 Å². The Morgan fingerprint density at radius 2 is 2.15 bits per heavy atom. The summed E-state index contributed by atoms with van der Waals surface area (Å²) in [6.07, 6.45) is 1.03. The molecule has 112 valence electrons. The zero-order chi connectivity index (χ0) is 15.2. The summed E-state index contributed by atoms with van der Waals surface area (Å²) in [4.78, 5) is 26.7. The van der Waals surface area contributed by atoms with Gasteiger partial charge in [-0.25, -0.2) is 0 Å². The monoisotopic (exact) mass is 318 g/mol. The summed E-state index contributed by atoms with van der Waals surface area (Å²) >= 11 is 2.64. The van der Waals surface area contributed by atoms with Gasteiger partial charge in [-0.3, -0.25) is 20.2 Å². The normalized spacial score (nSPS) is 11.3. The van der Waals surface area contributed by atoms with Gasteiger partial charge >= 0.3 is 5.97 Å². The van der Waals surface area contributed by atoms with E-state index in [0.29, 0.717) is 10.3 Å². The summed E-state index contributed by atoms with van der Waals surface area (Å²) in [6.45, 7) is 4.95. The standard InChI is InChI=1S/C11H18N4O3S2/c1-4-5-19-10-14-9(20-15-10)13-7(16)6-12-11(2,3)8(17)18/h12H,4-6H2,1-3H3,(H,17,18)(H,13,14,15,16). The predicted molar refractivity (Wildman–Crippen MR) is 79.3 cm³/mol. The summed E-state index contributed by atoms with van der Waals surface area (Å²) in [5.74, 6) is -0.430. The van der Waals surface area contributed by atoms with Gasteiger partial charge in [-0.15, -0.1) is 0 Å². The quantitative estimate of drug-likeness (QED) is 0.623. The van der Waals surface area contributed by atoms with E-state index in [4.69, 9.17) is 5.11 Å². The highest BCUT2D eigenvalue weighted by atomic mass is 32.2. The molecule has 1 rings (SSSR count). The molecule has 0 fully saturated rings. The van der Waals surface area contributed by atoms with E-state index in [1.807, 2.05) is 0 Å². The van der Waals surface area contributed by atoms with Crippen LogP contribution in [0, 0.1) is 0 Å². The Morgan fingerprint density at radius 3 is 2.75 bits per heavy atom. The maximum Gasteiger partial charge on any atom is 0.323 e. The van der Waals surface area contributed by atoms with Gasteiger partial charge in [0.05, 0.1) is 6.54 Å². The third-order valence-electron chi connectivity index (χ3n) is 2.31. The summed E-state index contributed by atoms with van der Waals surface area (Å²) in [5, 5.41) is 15.2. The molecule has 1 aromatic heterocycles. The molecular weight excluding hydrogens is 300 g/mol. The zero-order valence-corrected chi connectivity index (χ0v) is 13.2. The lowest BCUT2D eigenvalue weighted by Crippen LogP contribution is -2.49. The Balaban J connectivity index is 2.42. The van der Waals surface area contributed by atoms with Crippen molar-refractivity contribution in [1.29, 1.82) is 0 Å². The van der Waals surface area contributed by atoms with Gasteiger partial charge < -0.3 is 5.11 Å². The van der Waals surface area contributed by atoms with Gasteiger partial charge in [-0.1, -0.05) is 18.7 Å². The first-order valence-corrected chi connectivity index (χ1v) is 7.86. The third-order valence-corrected chi connectivity index (χ3v) is 4.11. The van der Waals surface area contributed by atoms with E-state index in [1.165, 1.54) is 25.6 Å². The maximum absolute atomic E-state index is 11.7. The van der Waals surface area contributed by atoms with Crippen LogP contribution in [0.25, 0.3) is 0 Å². The van der Waals surface area contributed by atoms with Crippen molar-refractivity contribution in [3.63, 3.8) is 0 Å². The number of rotatable bonds is 8. The molecule has 0 aliphatic rings. The Kier molecular flexibility index (Phi) is 6.37. The second-order valence-corrected chi connectivity index (χ2v) is 6.38. The number of anilines is 1. The number of carbonyl (C=O) groups excluding carboxylic acids is 1. The zero-order valence-electron chi connectivity index (χ0n) is 11.6. The van der Waals surface area contributed by atoms with E-state index in [1.54, 1.807) is 0 Å². The van der Waals surface area contributed by atoms with Crippen molar-refractivity contribution in [2.75, 3.05) is 17.6 Å². The van der Waals surface area contributed by atoms with Crippen LogP contribution in [0.3, 0.4) is 0 Å². The molecule has 0 radical (unpaired) electrons. The topological polar surface area (TPSA) is 104 Å². The lowest BCUT2D eigenvalue weighted by atomic mass is 10.1. The van der Waals surface area contributed by atoms with Crippen LogP contribution in [0.2, 0.25) is 0 Å². The first-order chi connectivity index (χ1) is 9.35. The van der Waals surface area contributed by atoms with Crippen molar-refractivity contribution in [3.05, 3.63) is 0 Å². The number of amides is 1. The SMILES string of the molecule is CCCSc1nsc(NC(=O)CNC(C)(C)C(=O)O)n1. The second-order valence-electron chi connectivity index (χ2n) is 4.56. The van der Waals surface area contributed by atoms with Crippen LogP contribution >= 0.6 is 23.3 Å². The number of nitrogens with one attached hydrogen (secondary N) is 2. The fraction of sp³-hybridized carbons (Fsp3) is 0.636. The molecule has 20 heavy (non-hydrogen) atoms. The number of hydrogen-bond donors (Lipinski definition) is 3. The molecule has 1 aromatic rings. The molecule has 0 unspecified atom stereocenters. The number of carboxylic acid groups (broad SMARTS) is 1. The van der Waals surface area contributed by atoms with Crippen molar-refractivity contribution in [1.82, 2.24) is 14.7 Å². The van der Waals surface area contributed by atoms with Gasteiger partial charge in [0.15, 0.2) is 0 Å². The van der Waals surface area contributed by atoms with Crippen LogP contribution in [0.5, 0.6) is 0 Å². The molecule has 7 nitrogen and oxygen atoms in total. The second kappa shape index (κ2) is 7.55. The Bertz CT molecular complexity index is 476. The van der Waals surface area contributed by atoms with Crippen LogP contribution in [0.1, 0.15) is 27.2 Å². The van der Waals surface area contributed by atoms with Crippen molar-refractivity contribution in [3.8, 4) is 0 Å². The van der Waals surface area contributed by atoms with E-state index >= 15 is 0 Å². The van der Waals surface area contributed by atoms with Crippen molar-refractivity contribution >= 4 is 40.3 Å². The van der Waals surface area contributed by atoms with Crippen molar-refractivity contribution in [2.24, 2.45) is 0 Å². The molecule has 0 saturated carbocycles. The largest absolute Gasteiger partial charge is 0.480 e. The first-order valence-electron chi connectivity index (χ1n) is 6.10. The van der Waals surface area contributed by atoms with Gasteiger partial charge in [0, 0.05) is 17.3 Å². The van der Waals surface area contributed by atoms with Gasteiger partial charge in [0.2, 0.25) is 16.2 Å². The average Bonchev–Trinajstić information content (AvgIpc) is 2.81. The Morgan fingerprint density at radius 1 is 1.45 bits per heavy atom. The molecule has 0 saturated heterocycles. The van der Waals surface area contributed by atoms with Gasteiger partial charge in [-0.05, 0) is 20.3 Å². The minimum absolute atomic E-state index is 0.101. The van der Waals surface area contributed by atoms with E-state index < -0.39 is 11.5 Å². The maximum atomic E-state index is 11.7. The molecule has 0 atom stereocenters. The van der Waals surface area contributed by atoms with Crippen LogP contribution in [0.15, 0.2) is 5.16 Å². The number of nitrogens with zero attached hydrogens (tertiary/aromatic N) is 2. The number of thioether (sulfide) groups is 1. The number of hydrogen-bond acceptors (Lipinski definition) is 7. The minimum Gasteiger partial charge on any atom is -0.480 e. The van der Waals surface area contributed by atoms with Crippen LogP contribution in [-0.4, -0.2) is 44.2 Å². The van der Waals surface area contributed by atoms with Crippen molar-refractivity contribution < 1.29 is 14.7 Å². The highest BCUT2D eigenvalue weighted by molar-refractivity contribution is 7.99. The molecule has 9 heteroatoms. The Hall–Kier alpha value is -1.19. The summed E-state index contributed by atoms with van der Waals surface area (Å²) in [7, 11) is 0. The van der Waals surface area contributed by atoms with E-state index in [0.717, 1.165) is 23.7 Å². The van der Waals surface area contributed by atoms with E-state index in [2.05, 4.69) is 26.9 Å². The lowest BCUT2D eigenvalue weighted by molar-refractivity contribution is -0.143. The van der Waals surface area contributed by atoms with Crippen LogP contribution in [0.4, 0.5) is 5.13 Å². The van der Waals surface area contributed by atoms with Gasteiger partial charge in [0.25, 0.3) is 0 Å². The van der Waals surface area contributed by atoms with E-state index in [9.17, 15) is 9.59 Å². The fourth-order valence-corrected chi connectivity index (χ4v) is 2.47. The summed E-state index contributed by atoms with van der Waals surface area (Å²) in [5.41, 5.74) is -1.15. The molecule has 3 N–H and O–H groups in total. The third kappa shape index (κ3) is 5.43. The number of carboxylic acids is 1. The molecule has 0 bridgehead atoms. The number of carbonyl (C=O) groups is 2. The Labute approximate surface area is 125 Å². The fourth-order valence-electron chi connectivity index (χ4n) is 1.05. The minimum atomic E-state index is -1.15. The van der Waals surface area contributed by atoms with Gasteiger partial charge in [0.1, 0.15) is 5.54 Å². The van der Waals surface area contributed by atoms with E-state index in [-0.39, 0.29) is 12.5 Å². The summed E-state index contributed by atoms with van der Waals surface area (Å²) in [6, 6.07) is 0. The highest BCUT2D eigenvalue weighted by Gasteiger charge is 2.27. The predicted octanol–water partition coefficient (Wildman–Crippen LogP) is 1.43. The average molecular weight is 318 g/mol. The first kappa shape index (κ1) is 16.9. The summed E-state index contributed by atoms with van der Waals surface area (Å²) < 4.78 is 4.11. The molecule has 1 amide bonds. The molecule has 0 aliphatic heterocycles.